The van der Waals surface area contributed by atoms with Crippen molar-refractivity contribution in [3.63, 3.8) is 0 Å². The fourth-order valence-corrected chi connectivity index (χ4v) is 3.83. The number of amides is 1. The van der Waals surface area contributed by atoms with Crippen molar-refractivity contribution in [3.05, 3.63) is 71.8 Å². The number of ether oxygens (including phenoxy) is 3. The third-order valence-electron chi connectivity index (χ3n) is 5.38. The molecule has 0 saturated carbocycles. The number of likely N-dealkylation sites (tertiary alicyclic amines) is 1. The van der Waals surface area contributed by atoms with Gasteiger partial charge in [-0.2, -0.15) is 0 Å². The standard InChI is InChI=1S/C26H29NO7/c1-4-14-34-19-10-7-17(8-11-19)24(29)22-23(18-9-12-20(28)21(16-18)33-5-2)27(13-6-15-32-3)26(31)25(22)30/h4,7-12,16,23,28-29H,1,5-6,13-15H2,2-3H3/b24-22+. The van der Waals surface area contributed by atoms with Crippen molar-refractivity contribution in [2.45, 2.75) is 19.4 Å². The smallest absolute Gasteiger partial charge is 0.295 e. The molecule has 8 heteroatoms. The van der Waals surface area contributed by atoms with Crippen molar-refractivity contribution in [1.82, 2.24) is 4.90 Å². The van der Waals surface area contributed by atoms with Crippen LogP contribution in [0, 0.1) is 0 Å². The molecule has 180 valence electrons. The van der Waals surface area contributed by atoms with Gasteiger partial charge >= 0.3 is 0 Å². The van der Waals surface area contributed by atoms with Crippen LogP contribution in [0.25, 0.3) is 5.76 Å². The number of phenols is 1. The normalized spacial score (nSPS) is 17.1. The van der Waals surface area contributed by atoms with Crippen molar-refractivity contribution in [3.8, 4) is 17.2 Å². The number of nitrogens with zero attached hydrogens (tertiary/aromatic N) is 1. The quantitative estimate of drug-likeness (QED) is 0.170. The van der Waals surface area contributed by atoms with Crippen molar-refractivity contribution in [2.24, 2.45) is 0 Å². The first-order valence-electron chi connectivity index (χ1n) is 11.0. The van der Waals surface area contributed by atoms with Crippen LogP contribution >= 0.6 is 0 Å². The monoisotopic (exact) mass is 467 g/mol. The molecule has 1 saturated heterocycles. The van der Waals surface area contributed by atoms with E-state index in [1.54, 1.807) is 56.5 Å². The van der Waals surface area contributed by atoms with E-state index in [2.05, 4.69) is 6.58 Å². The van der Waals surface area contributed by atoms with Crippen molar-refractivity contribution in [2.75, 3.05) is 33.5 Å². The maximum absolute atomic E-state index is 13.1. The van der Waals surface area contributed by atoms with Crippen LogP contribution in [0.5, 0.6) is 17.2 Å². The number of carbonyl (C=O) groups is 2. The number of benzene rings is 2. The molecular formula is C26H29NO7. The molecule has 1 fully saturated rings. The van der Waals surface area contributed by atoms with Gasteiger partial charge in [-0.3, -0.25) is 9.59 Å². The van der Waals surface area contributed by atoms with Gasteiger partial charge in [0.05, 0.1) is 18.2 Å². The first-order chi connectivity index (χ1) is 16.4. The van der Waals surface area contributed by atoms with Crippen molar-refractivity contribution < 1.29 is 34.0 Å². The fraction of sp³-hybridized carbons (Fsp3) is 0.308. The van der Waals surface area contributed by atoms with Crippen LogP contribution in [0.3, 0.4) is 0 Å². The summed E-state index contributed by atoms with van der Waals surface area (Å²) < 4.78 is 16.1. The number of ketones is 1. The lowest BCUT2D eigenvalue weighted by Crippen LogP contribution is -2.31. The molecule has 2 aromatic rings. The molecule has 1 aliphatic heterocycles. The second-order valence-corrected chi connectivity index (χ2v) is 7.62. The Labute approximate surface area is 198 Å². The number of hydrogen-bond acceptors (Lipinski definition) is 7. The Morgan fingerprint density at radius 1 is 1.15 bits per heavy atom. The number of aliphatic hydroxyl groups is 1. The minimum Gasteiger partial charge on any atom is -0.507 e. The van der Waals surface area contributed by atoms with Crippen LogP contribution in [0.2, 0.25) is 0 Å². The fourth-order valence-electron chi connectivity index (χ4n) is 3.83. The number of aliphatic hydroxyl groups excluding tert-OH is 1. The summed E-state index contributed by atoms with van der Waals surface area (Å²) in [6.07, 6.45) is 2.12. The molecule has 0 bridgehead atoms. The Bertz CT molecular complexity index is 1080. The van der Waals surface area contributed by atoms with E-state index in [0.29, 0.717) is 43.1 Å². The van der Waals surface area contributed by atoms with Gasteiger partial charge in [0.15, 0.2) is 11.5 Å². The van der Waals surface area contributed by atoms with E-state index in [0.717, 1.165) is 0 Å². The lowest BCUT2D eigenvalue weighted by atomic mass is 9.95. The molecule has 1 unspecified atom stereocenters. The number of carbonyl (C=O) groups excluding carboxylic acids is 2. The summed E-state index contributed by atoms with van der Waals surface area (Å²) in [5.41, 5.74) is 0.871. The third kappa shape index (κ3) is 5.23. The molecule has 1 atom stereocenters. The Hall–Kier alpha value is -3.78. The topological polar surface area (TPSA) is 106 Å². The molecule has 34 heavy (non-hydrogen) atoms. The zero-order chi connectivity index (χ0) is 24.7. The Balaban J connectivity index is 2.09. The predicted molar refractivity (Wildman–Crippen MR) is 127 cm³/mol. The Morgan fingerprint density at radius 2 is 1.88 bits per heavy atom. The Kier molecular flexibility index (Phi) is 8.32. The highest BCUT2D eigenvalue weighted by Gasteiger charge is 2.46. The van der Waals surface area contributed by atoms with Gasteiger partial charge in [0.2, 0.25) is 0 Å². The van der Waals surface area contributed by atoms with Gasteiger partial charge < -0.3 is 29.3 Å². The van der Waals surface area contributed by atoms with E-state index >= 15 is 0 Å². The van der Waals surface area contributed by atoms with E-state index in [9.17, 15) is 19.8 Å². The van der Waals surface area contributed by atoms with Crippen LogP contribution < -0.4 is 9.47 Å². The summed E-state index contributed by atoms with van der Waals surface area (Å²) in [5, 5.41) is 21.3. The third-order valence-corrected chi connectivity index (χ3v) is 5.38. The summed E-state index contributed by atoms with van der Waals surface area (Å²) in [7, 11) is 1.56. The summed E-state index contributed by atoms with van der Waals surface area (Å²) in [4.78, 5) is 27.4. The summed E-state index contributed by atoms with van der Waals surface area (Å²) >= 11 is 0. The van der Waals surface area contributed by atoms with Crippen molar-refractivity contribution >= 4 is 17.4 Å². The molecular weight excluding hydrogens is 438 g/mol. The summed E-state index contributed by atoms with van der Waals surface area (Å²) in [6.45, 7) is 6.70. The van der Waals surface area contributed by atoms with Gasteiger partial charge in [0.1, 0.15) is 18.1 Å². The molecule has 0 aliphatic carbocycles. The molecule has 0 spiro atoms. The lowest BCUT2D eigenvalue weighted by Gasteiger charge is -2.25. The van der Waals surface area contributed by atoms with E-state index in [1.807, 2.05) is 0 Å². The minimum absolute atomic E-state index is 0.0321. The maximum Gasteiger partial charge on any atom is 0.295 e. The zero-order valence-corrected chi connectivity index (χ0v) is 19.3. The molecule has 1 aliphatic rings. The van der Waals surface area contributed by atoms with Gasteiger partial charge in [-0.25, -0.2) is 0 Å². The summed E-state index contributed by atoms with van der Waals surface area (Å²) in [5.74, 6) is -1.03. The first-order valence-corrected chi connectivity index (χ1v) is 11.0. The minimum atomic E-state index is -0.853. The van der Waals surface area contributed by atoms with Crippen LogP contribution in [0.4, 0.5) is 0 Å². The summed E-state index contributed by atoms with van der Waals surface area (Å²) in [6, 6.07) is 10.3. The highest BCUT2D eigenvalue weighted by Crippen LogP contribution is 2.42. The van der Waals surface area contributed by atoms with Gasteiger partial charge in [-0.15, -0.1) is 0 Å². The number of phenolic OH excluding ortho intramolecular Hbond substituents is 1. The van der Waals surface area contributed by atoms with Crippen LogP contribution in [-0.2, 0) is 14.3 Å². The zero-order valence-electron chi connectivity index (χ0n) is 19.3. The van der Waals surface area contributed by atoms with E-state index in [1.165, 1.54) is 11.0 Å². The van der Waals surface area contributed by atoms with E-state index in [-0.39, 0.29) is 29.4 Å². The number of rotatable bonds is 11. The second-order valence-electron chi connectivity index (χ2n) is 7.62. The molecule has 1 heterocycles. The molecule has 2 N–H and O–H groups in total. The predicted octanol–water partition coefficient (Wildman–Crippen LogP) is 3.81. The molecule has 8 nitrogen and oxygen atoms in total. The van der Waals surface area contributed by atoms with Crippen molar-refractivity contribution in [1.29, 1.82) is 0 Å². The largest absolute Gasteiger partial charge is 0.507 e. The number of aromatic hydroxyl groups is 1. The van der Waals surface area contributed by atoms with E-state index in [4.69, 9.17) is 14.2 Å². The van der Waals surface area contributed by atoms with Gasteiger partial charge in [0.25, 0.3) is 11.7 Å². The van der Waals surface area contributed by atoms with Gasteiger partial charge in [-0.05, 0) is 55.3 Å². The Morgan fingerprint density at radius 3 is 2.53 bits per heavy atom. The highest BCUT2D eigenvalue weighted by molar-refractivity contribution is 6.46. The molecule has 1 amide bonds. The van der Waals surface area contributed by atoms with Gasteiger partial charge in [0, 0.05) is 25.8 Å². The first kappa shape index (κ1) is 24.9. The van der Waals surface area contributed by atoms with Crippen LogP contribution in [0.15, 0.2) is 60.7 Å². The highest BCUT2D eigenvalue weighted by atomic mass is 16.5. The average molecular weight is 468 g/mol. The number of methoxy groups -OCH3 is 1. The molecule has 3 rings (SSSR count). The second kappa shape index (κ2) is 11.4. The SMILES string of the molecule is C=CCOc1ccc(/C(O)=C2\C(=O)C(=O)N(CCCOC)C2c2ccc(O)c(OCC)c2)cc1. The molecule has 0 radical (unpaired) electrons. The number of hydrogen-bond donors (Lipinski definition) is 2. The average Bonchev–Trinajstić information content (AvgIpc) is 3.09. The molecule has 2 aromatic carbocycles. The molecule has 0 aromatic heterocycles. The van der Waals surface area contributed by atoms with Gasteiger partial charge in [-0.1, -0.05) is 18.7 Å². The number of Topliss-reactive ketones (excluding diaryl/α,β-unsaturated/α-hetero) is 1. The van der Waals surface area contributed by atoms with E-state index < -0.39 is 17.7 Å². The lowest BCUT2D eigenvalue weighted by molar-refractivity contribution is -0.140. The maximum atomic E-state index is 13.1. The van der Waals surface area contributed by atoms with Crippen LogP contribution in [0.1, 0.15) is 30.5 Å². The van der Waals surface area contributed by atoms with Crippen LogP contribution in [-0.4, -0.2) is 60.3 Å².